The number of nitrogens with zero attached hydrogens (tertiary/aromatic N) is 4. The number of carbonyl (C=O) groups excluding carboxylic acids is 2. The van der Waals surface area contributed by atoms with Crippen LogP contribution in [0.2, 0.25) is 0 Å². The lowest BCUT2D eigenvalue weighted by Crippen LogP contribution is -2.32. The zero-order valence-electron chi connectivity index (χ0n) is 26.5. The number of ether oxygens (including phenoxy) is 2. The van der Waals surface area contributed by atoms with Crippen LogP contribution in [0, 0.1) is 5.82 Å². The number of hydrogen-bond donors (Lipinski definition) is 1. The maximum Gasteiger partial charge on any atom is 0.411 e. The molecule has 0 saturated heterocycles. The van der Waals surface area contributed by atoms with Gasteiger partial charge in [0.05, 0.1) is 5.69 Å². The molecule has 1 aliphatic carbocycles. The predicted molar refractivity (Wildman–Crippen MR) is 172 cm³/mol. The van der Waals surface area contributed by atoms with Gasteiger partial charge in [-0.05, 0) is 69.2 Å². The summed E-state index contributed by atoms with van der Waals surface area (Å²) in [6, 6.07) is 23.5. The minimum atomic E-state index is -0.671. The number of rotatable bonds is 8. The molecule has 0 radical (unpaired) electrons. The van der Waals surface area contributed by atoms with Crippen molar-refractivity contribution in [1.82, 2.24) is 25.4 Å². The Hall–Kier alpha value is -5.58. The lowest BCUT2D eigenvalue weighted by atomic mass is 10.0. The quantitative estimate of drug-likeness (QED) is 0.184. The monoisotopic (exact) mass is 635 g/mol. The number of nitrogens with one attached hydrogen (secondary N) is 1. The Morgan fingerprint density at radius 3 is 2.23 bits per heavy atom. The van der Waals surface area contributed by atoms with E-state index in [1.165, 1.54) is 17.0 Å². The number of pyridine rings is 1. The third-order valence-corrected chi connectivity index (χ3v) is 7.61. The molecule has 0 fully saturated rings. The summed E-state index contributed by atoms with van der Waals surface area (Å²) in [4.78, 5) is 31.9. The van der Waals surface area contributed by atoms with Crippen LogP contribution in [0.5, 0.6) is 0 Å². The maximum absolute atomic E-state index is 13.6. The largest absolute Gasteiger partial charge is 0.444 e. The molecule has 2 aromatic heterocycles. The van der Waals surface area contributed by atoms with E-state index in [-0.39, 0.29) is 30.7 Å². The van der Waals surface area contributed by atoms with Gasteiger partial charge in [-0.1, -0.05) is 48.5 Å². The van der Waals surface area contributed by atoms with E-state index >= 15 is 0 Å². The molecular weight excluding hydrogens is 601 g/mol. The summed E-state index contributed by atoms with van der Waals surface area (Å²) in [6.07, 6.45) is -0.0678. The van der Waals surface area contributed by atoms with Crippen molar-refractivity contribution in [2.45, 2.75) is 52.5 Å². The fourth-order valence-electron chi connectivity index (χ4n) is 5.39. The van der Waals surface area contributed by atoms with Gasteiger partial charge in [-0.2, -0.15) is 0 Å². The number of aromatic nitrogens is 3. The summed E-state index contributed by atoms with van der Waals surface area (Å²) in [6.45, 7) is 7.58. The van der Waals surface area contributed by atoms with Crippen molar-refractivity contribution in [3.05, 3.63) is 113 Å². The van der Waals surface area contributed by atoms with Crippen LogP contribution in [0.25, 0.3) is 33.8 Å². The first-order valence-corrected chi connectivity index (χ1v) is 15.3. The molecule has 0 spiro atoms. The molecule has 3 aromatic carbocycles. The van der Waals surface area contributed by atoms with Crippen molar-refractivity contribution < 1.29 is 27.9 Å². The predicted octanol–water partition coefficient (Wildman–Crippen LogP) is 7.69. The van der Waals surface area contributed by atoms with E-state index in [9.17, 15) is 14.0 Å². The van der Waals surface area contributed by atoms with Crippen molar-refractivity contribution in [2.75, 3.05) is 6.54 Å². The third-order valence-electron chi connectivity index (χ3n) is 7.61. The minimum Gasteiger partial charge on any atom is -0.444 e. The van der Waals surface area contributed by atoms with Crippen LogP contribution >= 0.6 is 0 Å². The van der Waals surface area contributed by atoms with E-state index in [4.69, 9.17) is 13.9 Å². The molecule has 6 rings (SSSR count). The minimum absolute atomic E-state index is 0.0136. The highest BCUT2D eigenvalue weighted by Crippen LogP contribution is 2.45. The molecule has 5 aromatic rings. The SMILES string of the molecule is CCN(Cc1nnc(-c2cc(-c3ccc(F)cc3)ncc2CNC(=O)OC(C)(C)C)o1)C(=O)OC1c2ccccc2-c2ccccc21. The Morgan fingerprint density at radius 1 is 0.936 bits per heavy atom. The molecule has 0 aliphatic heterocycles. The highest BCUT2D eigenvalue weighted by atomic mass is 19.1. The van der Waals surface area contributed by atoms with E-state index in [1.807, 2.05) is 55.5 Å². The number of halogens is 1. The van der Waals surface area contributed by atoms with Crippen LogP contribution in [0.3, 0.4) is 0 Å². The molecule has 1 aliphatic rings. The van der Waals surface area contributed by atoms with Crippen LogP contribution in [0.1, 0.15) is 56.4 Å². The topological polar surface area (TPSA) is 120 Å². The lowest BCUT2D eigenvalue weighted by molar-refractivity contribution is 0.0523. The summed E-state index contributed by atoms with van der Waals surface area (Å²) in [7, 11) is 0. The summed E-state index contributed by atoms with van der Waals surface area (Å²) < 4.78 is 31.1. The summed E-state index contributed by atoms with van der Waals surface area (Å²) in [5.41, 5.74) is 5.59. The molecule has 0 unspecified atom stereocenters. The molecule has 1 N–H and O–H groups in total. The molecule has 0 saturated carbocycles. The van der Waals surface area contributed by atoms with Gasteiger partial charge >= 0.3 is 12.2 Å². The highest BCUT2D eigenvalue weighted by Gasteiger charge is 2.32. The molecule has 47 heavy (non-hydrogen) atoms. The first-order chi connectivity index (χ1) is 22.6. The van der Waals surface area contributed by atoms with Gasteiger partial charge in [0.2, 0.25) is 11.8 Å². The zero-order valence-corrected chi connectivity index (χ0v) is 26.5. The first-order valence-electron chi connectivity index (χ1n) is 15.3. The van der Waals surface area contributed by atoms with Crippen LogP contribution < -0.4 is 5.32 Å². The first kappa shape index (κ1) is 31.4. The second-order valence-electron chi connectivity index (χ2n) is 12.0. The van der Waals surface area contributed by atoms with E-state index in [2.05, 4.69) is 20.5 Å². The van der Waals surface area contributed by atoms with Crippen molar-refractivity contribution in [3.63, 3.8) is 0 Å². The second kappa shape index (κ2) is 13.0. The van der Waals surface area contributed by atoms with Crippen molar-refractivity contribution in [3.8, 4) is 33.8 Å². The molecule has 0 atom stereocenters. The van der Waals surface area contributed by atoms with E-state index in [0.29, 0.717) is 28.9 Å². The number of amides is 2. The Labute approximate surface area is 271 Å². The molecule has 10 nitrogen and oxygen atoms in total. The van der Waals surface area contributed by atoms with Gasteiger partial charge in [-0.25, -0.2) is 14.0 Å². The third kappa shape index (κ3) is 6.99. The van der Waals surface area contributed by atoms with Crippen molar-refractivity contribution in [2.24, 2.45) is 0 Å². The maximum atomic E-state index is 13.6. The average molecular weight is 636 g/mol. The number of hydrogen-bond acceptors (Lipinski definition) is 8. The van der Waals surface area contributed by atoms with Gasteiger partial charge in [0.1, 0.15) is 18.0 Å². The number of fused-ring (bicyclic) bond motifs is 3. The molecule has 2 amide bonds. The van der Waals surface area contributed by atoms with Crippen LogP contribution in [-0.4, -0.2) is 44.4 Å². The van der Waals surface area contributed by atoms with Crippen molar-refractivity contribution >= 4 is 12.2 Å². The average Bonchev–Trinajstić information content (AvgIpc) is 3.65. The number of carbonyl (C=O) groups is 2. The summed E-state index contributed by atoms with van der Waals surface area (Å²) >= 11 is 0. The Bertz CT molecular complexity index is 1870. The fourth-order valence-corrected chi connectivity index (χ4v) is 5.39. The van der Waals surface area contributed by atoms with Gasteiger partial charge < -0.3 is 19.2 Å². The van der Waals surface area contributed by atoms with E-state index < -0.39 is 23.9 Å². The normalized spacial score (nSPS) is 12.3. The zero-order chi connectivity index (χ0) is 33.1. The van der Waals surface area contributed by atoms with Gasteiger partial charge in [0.25, 0.3) is 0 Å². The molecule has 240 valence electrons. The second-order valence-corrected chi connectivity index (χ2v) is 12.0. The van der Waals surface area contributed by atoms with E-state index in [1.54, 1.807) is 45.2 Å². The number of alkyl carbamates (subject to hydrolysis) is 1. The van der Waals surface area contributed by atoms with Gasteiger partial charge in [0, 0.05) is 47.1 Å². The number of benzene rings is 3. The Balaban J connectivity index is 1.23. The van der Waals surface area contributed by atoms with E-state index in [0.717, 1.165) is 22.3 Å². The smallest absolute Gasteiger partial charge is 0.411 e. The molecule has 0 bridgehead atoms. The Kier molecular flexibility index (Phi) is 8.71. The van der Waals surface area contributed by atoms with Gasteiger partial charge in [-0.15, -0.1) is 10.2 Å². The summed E-state index contributed by atoms with van der Waals surface area (Å²) in [5, 5.41) is 11.2. The lowest BCUT2D eigenvalue weighted by Gasteiger charge is -2.22. The van der Waals surface area contributed by atoms with Gasteiger partial charge in [0.15, 0.2) is 6.10 Å². The highest BCUT2D eigenvalue weighted by molar-refractivity contribution is 5.80. The fraction of sp³-hybridized carbons (Fsp3) is 0.250. The van der Waals surface area contributed by atoms with Gasteiger partial charge in [-0.3, -0.25) is 9.88 Å². The van der Waals surface area contributed by atoms with Crippen LogP contribution in [0.15, 0.2) is 89.5 Å². The Morgan fingerprint density at radius 2 is 1.60 bits per heavy atom. The molecule has 2 heterocycles. The summed E-state index contributed by atoms with van der Waals surface area (Å²) in [5.74, 6) is -0.0129. The van der Waals surface area contributed by atoms with Crippen LogP contribution in [-0.2, 0) is 22.6 Å². The standard InChI is InChI=1S/C36H34FN5O5/c1-5-42(35(44)46-32-27-12-8-6-10-25(27)26-11-7-9-13-28(26)32)21-31-40-41-33(45-31)29-18-30(22-14-16-24(37)17-15-22)38-19-23(29)20-39-34(43)47-36(2,3)4/h6-19,32H,5,20-21H2,1-4H3,(H,39,43). The molecular formula is C36H34FN5O5. The van der Waals surface area contributed by atoms with Crippen molar-refractivity contribution in [1.29, 1.82) is 0 Å². The molecule has 11 heteroatoms. The van der Waals surface area contributed by atoms with Crippen LogP contribution in [0.4, 0.5) is 14.0 Å².